The van der Waals surface area contributed by atoms with Gasteiger partial charge in [-0.25, -0.2) is 4.79 Å². The van der Waals surface area contributed by atoms with Crippen LogP contribution in [-0.4, -0.2) is 67.4 Å². The van der Waals surface area contributed by atoms with E-state index in [9.17, 15) is 14.4 Å². The molecule has 0 fully saturated rings. The molecule has 0 aromatic carbocycles. The summed E-state index contributed by atoms with van der Waals surface area (Å²) in [5.41, 5.74) is -2.74. The molecule has 0 amide bonds. The molecule has 9 nitrogen and oxygen atoms in total. The lowest BCUT2D eigenvalue weighted by molar-refractivity contribution is -0.170. The number of aliphatic hydroxyl groups excluding tert-OH is 2. The van der Waals surface area contributed by atoms with E-state index in [1.807, 2.05) is 0 Å². The fraction of sp³-hybridized carbons (Fsp3) is 0.700. The van der Waals surface area contributed by atoms with Crippen LogP contribution in [0, 0.1) is 0 Å². The van der Waals surface area contributed by atoms with Crippen molar-refractivity contribution in [1.82, 2.24) is 0 Å². The Kier molecular flexibility index (Phi) is 13.5. The van der Waals surface area contributed by atoms with Crippen LogP contribution in [0.1, 0.15) is 26.7 Å². The quantitative estimate of drug-likeness (QED) is 0.360. The topological polar surface area (TPSA) is 173 Å². The monoisotopic (exact) mass is 284 g/mol. The van der Waals surface area contributed by atoms with Crippen LogP contribution in [-0.2, 0) is 14.4 Å². The van der Waals surface area contributed by atoms with Crippen LogP contribution in [0.3, 0.4) is 0 Å². The minimum atomic E-state index is -2.74. The zero-order valence-electron chi connectivity index (χ0n) is 10.9. The van der Waals surface area contributed by atoms with Gasteiger partial charge >= 0.3 is 17.9 Å². The number of hydrogen-bond donors (Lipinski definition) is 6. The predicted molar refractivity (Wildman–Crippen MR) is 62.6 cm³/mol. The molecule has 9 heteroatoms. The van der Waals surface area contributed by atoms with Gasteiger partial charge in [0.2, 0.25) is 0 Å². The van der Waals surface area contributed by atoms with Gasteiger partial charge in [-0.15, -0.1) is 0 Å². The van der Waals surface area contributed by atoms with Crippen molar-refractivity contribution >= 4 is 17.9 Å². The maximum Gasteiger partial charge on any atom is 0.336 e. The van der Waals surface area contributed by atoms with Crippen LogP contribution < -0.4 is 0 Å². The molecule has 0 unspecified atom stereocenters. The van der Waals surface area contributed by atoms with Crippen LogP contribution in [0.4, 0.5) is 0 Å². The Bertz CT molecular complexity index is 266. The van der Waals surface area contributed by atoms with E-state index in [0.29, 0.717) is 0 Å². The van der Waals surface area contributed by atoms with Gasteiger partial charge in [-0.3, -0.25) is 9.59 Å². The average molecular weight is 284 g/mol. The molecular formula is C10H20O9. The van der Waals surface area contributed by atoms with E-state index in [2.05, 4.69) is 0 Å². The maximum absolute atomic E-state index is 10.3. The van der Waals surface area contributed by atoms with Gasteiger partial charge in [-0.05, 0) is 13.8 Å². The number of carbonyl (C=O) groups is 3. The molecule has 0 saturated heterocycles. The number of carboxylic acid groups (broad SMARTS) is 3. The molecule has 0 aliphatic rings. The Morgan fingerprint density at radius 3 is 1.26 bits per heavy atom. The van der Waals surface area contributed by atoms with Gasteiger partial charge in [0.05, 0.1) is 12.8 Å². The standard InChI is InChI=1S/C6H8O7.C3H8O.CH4O/c7-3(8)1-6(13,5(11)12)2-4(9)10;1-3(2)4;1-2/h13H,1-2H2,(H,7,8)(H,9,10)(H,11,12);3-4H,1-2H3;2H,1H3. The van der Waals surface area contributed by atoms with Crippen molar-refractivity contribution in [3.63, 3.8) is 0 Å². The van der Waals surface area contributed by atoms with Crippen LogP contribution in [0.2, 0.25) is 0 Å². The molecule has 0 atom stereocenters. The second-order valence-electron chi connectivity index (χ2n) is 3.57. The van der Waals surface area contributed by atoms with E-state index in [1.54, 1.807) is 13.8 Å². The first-order valence-electron chi connectivity index (χ1n) is 5.03. The lowest BCUT2D eigenvalue weighted by atomic mass is 9.96. The van der Waals surface area contributed by atoms with Crippen molar-refractivity contribution < 1.29 is 45.0 Å². The van der Waals surface area contributed by atoms with Crippen LogP contribution >= 0.6 is 0 Å². The first kappa shape index (κ1) is 22.5. The first-order chi connectivity index (χ1) is 8.51. The highest BCUT2D eigenvalue weighted by atomic mass is 16.4. The normalized spacial score (nSPS) is 9.63. The Hall–Kier alpha value is -1.71. The molecule has 0 aromatic rings. The van der Waals surface area contributed by atoms with E-state index in [-0.39, 0.29) is 6.10 Å². The second-order valence-corrected chi connectivity index (χ2v) is 3.57. The van der Waals surface area contributed by atoms with Gasteiger partial charge in [-0.2, -0.15) is 0 Å². The molecule has 0 aromatic heterocycles. The van der Waals surface area contributed by atoms with E-state index in [0.717, 1.165) is 7.11 Å². The van der Waals surface area contributed by atoms with Crippen molar-refractivity contribution in [3.8, 4) is 0 Å². The number of hydrogen-bond acceptors (Lipinski definition) is 6. The van der Waals surface area contributed by atoms with Crippen LogP contribution in [0.15, 0.2) is 0 Å². The fourth-order valence-electron chi connectivity index (χ4n) is 0.714. The van der Waals surface area contributed by atoms with Crippen LogP contribution in [0.5, 0.6) is 0 Å². The molecule has 0 bridgehead atoms. The van der Waals surface area contributed by atoms with Crippen molar-refractivity contribution in [2.45, 2.75) is 38.4 Å². The summed E-state index contributed by atoms with van der Waals surface area (Å²) in [6.07, 6.45) is -2.46. The Morgan fingerprint density at radius 2 is 1.16 bits per heavy atom. The third kappa shape index (κ3) is 16.3. The first-order valence-corrected chi connectivity index (χ1v) is 5.03. The average Bonchev–Trinajstić information content (AvgIpc) is 2.16. The summed E-state index contributed by atoms with van der Waals surface area (Å²) in [5, 5.41) is 48.9. The highest BCUT2D eigenvalue weighted by Gasteiger charge is 2.40. The molecule has 0 aliphatic heterocycles. The molecule has 0 radical (unpaired) electrons. The van der Waals surface area contributed by atoms with Gasteiger partial charge in [0.15, 0.2) is 5.60 Å². The third-order valence-electron chi connectivity index (χ3n) is 1.29. The summed E-state index contributed by atoms with van der Waals surface area (Å²) in [6, 6.07) is 0. The van der Waals surface area contributed by atoms with Crippen molar-refractivity contribution in [2.24, 2.45) is 0 Å². The van der Waals surface area contributed by atoms with Crippen molar-refractivity contribution in [3.05, 3.63) is 0 Å². The lowest BCUT2D eigenvalue weighted by Gasteiger charge is -2.18. The molecule has 6 N–H and O–H groups in total. The van der Waals surface area contributed by atoms with E-state index in [4.69, 9.17) is 30.6 Å². The van der Waals surface area contributed by atoms with Crippen molar-refractivity contribution in [2.75, 3.05) is 7.11 Å². The largest absolute Gasteiger partial charge is 0.481 e. The van der Waals surface area contributed by atoms with Crippen molar-refractivity contribution in [1.29, 1.82) is 0 Å². The fourth-order valence-corrected chi connectivity index (χ4v) is 0.714. The molecule has 0 aliphatic carbocycles. The minimum Gasteiger partial charge on any atom is -0.481 e. The molecule has 0 heterocycles. The second kappa shape index (κ2) is 11.4. The zero-order valence-corrected chi connectivity index (χ0v) is 10.9. The molecule has 114 valence electrons. The molecular weight excluding hydrogens is 264 g/mol. The van der Waals surface area contributed by atoms with Gasteiger partial charge in [-0.1, -0.05) is 0 Å². The summed E-state index contributed by atoms with van der Waals surface area (Å²) in [4.78, 5) is 30.5. The van der Waals surface area contributed by atoms with Gasteiger partial charge in [0.1, 0.15) is 0 Å². The Balaban J connectivity index is -0.000000361. The summed E-state index contributed by atoms with van der Waals surface area (Å²) >= 11 is 0. The van der Waals surface area contributed by atoms with Gasteiger partial charge in [0.25, 0.3) is 0 Å². The molecule has 0 rings (SSSR count). The third-order valence-corrected chi connectivity index (χ3v) is 1.29. The number of aliphatic hydroxyl groups is 3. The van der Waals surface area contributed by atoms with Gasteiger partial charge in [0, 0.05) is 13.2 Å². The highest BCUT2D eigenvalue weighted by Crippen LogP contribution is 2.15. The molecule has 0 spiro atoms. The van der Waals surface area contributed by atoms with E-state index in [1.165, 1.54) is 0 Å². The molecule has 0 saturated carbocycles. The summed E-state index contributed by atoms with van der Waals surface area (Å²) in [6.45, 7) is 3.44. The lowest BCUT2D eigenvalue weighted by Crippen LogP contribution is -2.42. The SMILES string of the molecule is CC(C)O.CO.O=C(O)CC(O)(CC(=O)O)C(=O)O. The van der Waals surface area contributed by atoms with Gasteiger partial charge < -0.3 is 30.6 Å². The maximum atomic E-state index is 10.3. The zero-order chi connectivity index (χ0) is 16.2. The number of rotatable bonds is 5. The Morgan fingerprint density at radius 1 is 0.947 bits per heavy atom. The number of carboxylic acids is 3. The summed E-state index contributed by atoms with van der Waals surface area (Å²) < 4.78 is 0. The molecule has 19 heavy (non-hydrogen) atoms. The highest BCUT2D eigenvalue weighted by molar-refractivity contribution is 5.88. The van der Waals surface area contributed by atoms with Crippen LogP contribution in [0.25, 0.3) is 0 Å². The summed E-state index contributed by atoms with van der Waals surface area (Å²) in [5.74, 6) is -5.02. The number of aliphatic carboxylic acids is 3. The Labute approximate surface area is 109 Å². The van der Waals surface area contributed by atoms with E-state index >= 15 is 0 Å². The smallest absolute Gasteiger partial charge is 0.336 e. The predicted octanol–water partition coefficient (Wildman–Crippen LogP) is -1.25. The summed E-state index contributed by atoms with van der Waals surface area (Å²) in [7, 11) is 1.00. The minimum absolute atomic E-state index is 0.167. The van der Waals surface area contributed by atoms with E-state index < -0.39 is 36.4 Å².